The van der Waals surface area contributed by atoms with E-state index in [0.29, 0.717) is 13.0 Å². The summed E-state index contributed by atoms with van der Waals surface area (Å²) in [6.07, 6.45) is 0.0593. The normalized spacial score (nSPS) is 23.6. The molecule has 1 heterocycles. The summed E-state index contributed by atoms with van der Waals surface area (Å²) < 4.78 is 10.7. The van der Waals surface area contributed by atoms with Gasteiger partial charge in [-0.25, -0.2) is 9.59 Å². The van der Waals surface area contributed by atoms with Gasteiger partial charge in [0.2, 0.25) is 0 Å². The van der Waals surface area contributed by atoms with Gasteiger partial charge in [-0.1, -0.05) is 15.9 Å². The third kappa shape index (κ3) is 5.31. The predicted molar refractivity (Wildman–Crippen MR) is 79.9 cm³/mol. The van der Waals surface area contributed by atoms with E-state index in [1.165, 1.54) is 4.90 Å². The maximum absolute atomic E-state index is 12.2. The van der Waals surface area contributed by atoms with Crippen molar-refractivity contribution in [2.24, 2.45) is 0 Å². The van der Waals surface area contributed by atoms with Gasteiger partial charge in [-0.2, -0.15) is 0 Å². The number of rotatable bonds is 1. The number of carbonyl (C=O) groups is 2. The van der Waals surface area contributed by atoms with Crippen LogP contribution in [0.1, 0.15) is 48.0 Å². The molecule has 1 amide bonds. The number of hydrogen-bond donors (Lipinski definition) is 0. The number of carbonyl (C=O) groups excluding carboxylic acids is 2. The fourth-order valence-electron chi connectivity index (χ4n) is 1.90. The van der Waals surface area contributed by atoms with Crippen molar-refractivity contribution in [3.05, 3.63) is 0 Å². The fourth-order valence-corrected chi connectivity index (χ4v) is 2.57. The maximum atomic E-state index is 12.2. The van der Waals surface area contributed by atoms with Crippen LogP contribution >= 0.6 is 15.9 Å². The summed E-state index contributed by atoms with van der Waals surface area (Å²) in [4.78, 5) is 25.9. The monoisotopic (exact) mass is 349 g/mol. The van der Waals surface area contributed by atoms with Crippen LogP contribution < -0.4 is 0 Å². The van der Waals surface area contributed by atoms with Crippen molar-refractivity contribution in [3.8, 4) is 0 Å². The number of likely N-dealkylation sites (tertiary alicyclic amines) is 1. The van der Waals surface area contributed by atoms with Gasteiger partial charge in [0.05, 0.1) is 0 Å². The highest BCUT2D eigenvalue weighted by Crippen LogP contribution is 2.27. The second-order valence-electron chi connectivity index (χ2n) is 7.01. The molecule has 0 spiro atoms. The van der Waals surface area contributed by atoms with Gasteiger partial charge >= 0.3 is 12.1 Å². The first-order valence-corrected chi connectivity index (χ1v) is 7.67. The molecule has 1 rings (SSSR count). The van der Waals surface area contributed by atoms with E-state index in [0.717, 1.165) is 0 Å². The van der Waals surface area contributed by atoms with Gasteiger partial charge in [-0.3, -0.25) is 4.90 Å². The number of nitrogens with zero attached hydrogens (tertiary/aromatic N) is 1. The Morgan fingerprint density at radius 1 is 1.05 bits per heavy atom. The van der Waals surface area contributed by atoms with E-state index >= 15 is 0 Å². The molecule has 0 bridgehead atoms. The summed E-state index contributed by atoms with van der Waals surface area (Å²) >= 11 is 3.46. The molecular formula is C14H24BrNO4. The Kier molecular flexibility index (Phi) is 5.11. The summed E-state index contributed by atoms with van der Waals surface area (Å²) in [5.41, 5.74) is -1.15. The molecule has 0 unspecified atom stereocenters. The average Bonchev–Trinajstić information content (AvgIpc) is 2.55. The second-order valence-corrected chi connectivity index (χ2v) is 8.31. The van der Waals surface area contributed by atoms with Crippen molar-refractivity contribution in [2.45, 2.75) is 70.0 Å². The van der Waals surface area contributed by atoms with Crippen molar-refractivity contribution in [1.82, 2.24) is 4.90 Å². The van der Waals surface area contributed by atoms with Crippen LogP contribution in [0.15, 0.2) is 0 Å². The first-order valence-electron chi connectivity index (χ1n) is 6.75. The largest absolute Gasteiger partial charge is 0.458 e. The summed E-state index contributed by atoms with van der Waals surface area (Å²) in [5, 5.41) is 0. The van der Waals surface area contributed by atoms with E-state index in [4.69, 9.17) is 9.47 Å². The van der Waals surface area contributed by atoms with Crippen LogP contribution in [0.5, 0.6) is 0 Å². The highest BCUT2D eigenvalue weighted by molar-refractivity contribution is 9.09. The highest BCUT2D eigenvalue weighted by Gasteiger charge is 2.42. The Morgan fingerprint density at radius 2 is 1.55 bits per heavy atom. The minimum atomic E-state index is -0.589. The van der Waals surface area contributed by atoms with Crippen LogP contribution in [0, 0.1) is 0 Å². The van der Waals surface area contributed by atoms with Gasteiger partial charge in [0.1, 0.15) is 17.2 Å². The smallest absolute Gasteiger partial charge is 0.411 e. The molecule has 0 N–H and O–H groups in total. The molecule has 2 atom stereocenters. The zero-order valence-corrected chi connectivity index (χ0v) is 14.6. The minimum Gasteiger partial charge on any atom is -0.458 e. The molecule has 20 heavy (non-hydrogen) atoms. The molecule has 1 fully saturated rings. The van der Waals surface area contributed by atoms with Crippen molar-refractivity contribution in [3.63, 3.8) is 0 Å². The quantitative estimate of drug-likeness (QED) is 0.539. The number of hydrogen-bond acceptors (Lipinski definition) is 4. The molecular weight excluding hydrogens is 326 g/mol. The molecule has 6 heteroatoms. The van der Waals surface area contributed by atoms with E-state index in [2.05, 4.69) is 15.9 Å². The lowest BCUT2D eigenvalue weighted by Gasteiger charge is -2.29. The van der Waals surface area contributed by atoms with Crippen LogP contribution in [0.3, 0.4) is 0 Å². The van der Waals surface area contributed by atoms with Gasteiger partial charge in [-0.05, 0) is 48.0 Å². The van der Waals surface area contributed by atoms with Gasteiger partial charge in [0, 0.05) is 11.4 Å². The Balaban J connectivity index is 2.78. The van der Waals surface area contributed by atoms with E-state index in [9.17, 15) is 9.59 Å². The standard InChI is InChI=1S/C14H24BrNO4/c1-13(2,3)19-11(17)10-7-9(15)8-16(10)12(18)20-14(4,5)6/h9-10H,7-8H2,1-6H3/t9-,10-/m1/s1. The number of alkyl halides is 1. The molecule has 1 aliphatic rings. The molecule has 0 aromatic carbocycles. The van der Waals surface area contributed by atoms with Crippen molar-refractivity contribution in [1.29, 1.82) is 0 Å². The number of amides is 1. The lowest BCUT2D eigenvalue weighted by Crippen LogP contribution is -2.45. The van der Waals surface area contributed by atoms with Gasteiger partial charge < -0.3 is 9.47 Å². The van der Waals surface area contributed by atoms with Gasteiger partial charge in [-0.15, -0.1) is 0 Å². The molecule has 0 aromatic heterocycles. The molecule has 1 aliphatic heterocycles. The van der Waals surface area contributed by atoms with E-state index in [1.54, 1.807) is 20.8 Å². The van der Waals surface area contributed by atoms with E-state index in [1.807, 2.05) is 20.8 Å². The number of esters is 1. The zero-order valence-electron chi connectivity index (χ0n) is 13.0. The fraction of sp³-hybridized carbons (Fsp3) is 0.857. The molecule has 5 nitrogen and oxygen atoms in total. The van der Waals surface area contributed by atoms with E-state index < -0.39 is 23.3 Å². The van der Waals surface area contributed by atoms with Crippen LogP contribution in [-0.2, 0) is 14.3 Å². The predicted octanol–water partition coefficient (Wildman–Crippen LogP) is 3.10. The van der Waals surface area contributed by atoms with Crippen LogP contribution in [0.25, 0.3) is 0 Å². The molecule has 0 aliphatic carbocycles. The van der Waals surface area contributed by atoms with Crippen LogP contribution in [0.2, 0.25) is 0 Å². The lowest BCUT2D eigenvalue weighted by molar-refractivity contribution is -0.160. The van der Waals surface area contributed by atoms with Gasteiger partial charge in [0.15, 0.2) is 0 Å². The Labute approximate surface area is 129 Å². The zero-order chi connectivity index (χ0) is 15.7. The first kappa shape index (κ1) is 17.3. The maximum Gasteiger partial charge on any atom is 0.411 e. The Hall–Kier alpha value is -0.780. The summed E-state index contributed by atoms with van der Waals surface area (Å²) in [5.74, 6) is -0.384. The van der Waals surface area contributed by atoms with Gasteiger partial charge in [0.25, 0.3) is 0 Å². The molecule has 0 saturated carbocycles. The Morgan fingerprint density at radius 3 is 2.00 bits per heavy atom. The number of halogens is 1. The minimum absolute atomic E-state index is 0.0764. The summed E-state index contributed by atoms with van der Waals surface area (Å²) in [6, 6.07) is -0.589. The third-order valence-electron chi connectivity index (χ3n) is 2.56. The summed E-state index contributed by atoms with van der Waals surface area (Å²) in [7, 11) is 0. The highest BCUT2D eigenvalue weighted by atomic mass is 79.9. The summed E-state index contributed by atoms with van der Waals surface area (Å²) in [6.45, 7) is 11.3. The van der Waals surface area contributed by atoms with Crippen molar-refractivity contribution >= 4 is 28.0 Å². The number of ether oxygens (including phenoxy) is 2. The Bertz CT molecular complexity index is 348. The third-order valence-corrected chi connectivity index (χ3v) is 3.22. The van der Waals surface area contributed by atoms with Crippen LogP contribution in [-0.4, -0.2) is 45.6 Å². The van der Waals surface area contributed by atoms with Crippen molar-refractivity contribution < 1.29 is 19.1 Å². The molecule has 116 valence electrons. The molecule has 1 saturated heterocycles. The topological polar surface area (TPSA) is 55.8 Å². The molecule has 0 aromatic rings. The second kappa shape index (κ2) is 5.92. The average molecular weight is 350 g/mol. The lowest BCUT2D eigenvalue weighted by atomic mass is 10.1. The SMILES string of the molecule is CC(C)(C)OC(=O)[C@H]1C[C@@H](Br)CN1C(=O)OC(C)(C)C. The first-order chi connectivity index (χ1) is 8.89. The molecule has 0 radical (unpaired) electrons. The van der Waals surface area contributed by atoms with Crippen LogP contribution in [0.4, 0.5) is 4.79 Å². The van der Waals surface area contributed by atoms with E-state index in [-0.39, 0.29) is 10.8 Å². The van der Waals surface area contributed by atoms with Crippen molar-refractivity contribution in [2.75, 3.05) is 6.54 Å².